The molecule has 0 saturated heterocycles. The number of nitrogens with two attached hydrogens (primary N) is 1. The minimum Gasteiger partial charge on any atom is -0.384 e. The third-order valence-corrected chi connectivity index (χ3v) is 3.01. The van der Waals surface area contributed by atoms with Crippen LogP contribution in [0.4, 0.5) is 0 Å². The molecule has 0 radical (unpaired) electrons. The van der Waals surface area contributed by atoms with Gasteiger partial charge < -0.3 is 5.73 Å². The number of nitrogens with zero attached hydrogens (tertiary/aromatic N) is 3. The van der Waals surface area contributed by atoms with Gasteiger partial charge in [0.15, 0.2) is 0 Å². The molecule has 0 atom stereocenters. The van der Waals surface area contributed by atoms with Crippen molar-refractivity contribution in [2.45, 2.75) is 33.6 Å². The Bertz CT molecular complexity index is 612. The zero-order valence-corrected chi connectivity index (χ0v) is 11.6. The zero-order valence-electron chi connectivity index (χ0n) is 11.6. The second kappa shape index (κ2) is 5.22. The fourth-order valence-electron chi connectivity index (χ4n) is 2.26. The lowest BCUT2D eigenvalue weighted by Gasteiger charge is -2.14. The molecule has 0 fully saturated rings. The lowest BCUT2D eigenvalue weighted by atomic mass is 10.1. The summed E-state index contributed by atoms with van der Waals surface area (Å²) in [4.78, 5) is 8.90. The third kappa shape index (κ3) is 2.50. The van der Waals surface area contributed by atoms with E-state index in [4.69, 9.17) is 11.1 Å². The normalized spacial score (nSPS) is 10.7. The first-order valence-corrected chi connectivity index (χ1v) is 6.39. The highest BCUT2D eigenvalue weighted by Gasteiger charge is 2.15. The van der Waals surface area contributed by atoms with Crippen LogP contribution in [0.15, 0.2) is 18.5 Å². The molecule has 19 heavy (non-hydrogen) atoms. The van der Waals surface area contributed by atoms with Gasteiger partial charge in [0.1, 0.15) is 17.5 Å². The van der Waals surface area contributed by atoms with E-state index in [1.807, 2.05) is 30.7 Å². The fraction of sp³-hybridized carbons (Fsp3) is 0.357. The summed E-state index contributed by atoms with van der Waals surface area (Å²) in [6.45, 7) is 6.00. The van der Waals surface area contributed by atoms with Crippen molar-refractivity contribution in [3.8, 4) is 5.82 Å². The van der Waals surface area contributed by atoms with Crippen molar-refractivity contribution in [3.63, 3.8) is 0 Å². The second-order valence-corrected chi connectivity index (χ2v) is 4.66. The summed E-state index contributed by atoms with van der Waals surface area (Å²) in [7, 11) is 0. The van der Waals surface area contributed by atoms with Crippen molar-refractivity contribution in [1.82, 2.24) is 14.5 Å². The molecule has 0 spiro atoms. The molecule has 3 N–H and O–H groups in total. The van der Waals surface area contributed by atoms with Crippen molar-refractivity contribution in [2.24, 2.45) is 5.73 Å². The molecule has 2 heterocycles. The van der Waals surface area contributed by atoms with E-state index >= 15 is 0 Å². The Labute approximate surface area is 113 Å². The average molecular weight is 257 g/mol. The standard InChI is InChI=1S/C14H19N5/c1-4-5-11-17-6-7-19(11)14-12(13(15)16)9(2)8-10(3)18-14/h6-8H,4-5H2,1-3H3,(H3,15,16). The van der Waals surface area contributed by atoms with E-state index in [0.29, 0.717) is 11.4 Å². The number of aromatic nitrogens is 3. The van der Waals surface area contributed by atoms with Crippen LogP contribution in [0.5, 0.6) is 0 Å². The number of imidazole rings is 1. The Hall–Kier alpha value is -2.17. The van der Waals surface area contributed by atoms with E-state index in [9.17, 15) is 0 Å². The molecule has 0 unspecified atom stereocenters. The van der Waals surface area contributed by atoms with Crippen LogP contribution < -0.4 is 5.73 Å². The van der Waals surface area contributed by atoms with Crippen molar-refractivity contribution < 1.29 is 0 Å². The summed E-state index contributed by atoms with van der Waals surface area (Å²) in [5.74, 6) is 1.68. The topological polar surface area (TPSA) is 80.6 Å². The van der Waals surface area contributed by atoms with Crippen LogP contribution in [0.25, 0.3) is 5.82 Å². The second-order valence-electron chi connectivity index (χ2n) is 4.66. The Kier molecular flexibility index (Phi) is 3.64. The molecule has 0 aliphatic heterocycles. The SMILES string of the molecule is CCCc1nccn1-c1nc(C)cc(C)c1C(=N)N. The van der Waals surface area contributed by atoms with Gasteiger partial charge in [0.05, 0.1) is 5.56 Å². The molecule has 0 aromatic carbocycles. The highest BCUT2D eigenvalue weighted by atomic mass is 15.1. The Balaban J connectivity index is 2.66. The fourth-order valence-corrected chi connectivity index (χ4v) is 2.26. The van der Waals surface area contributed by atoms with Gasteiger partial charge in [-0.05, 0) is 31.9 Å². The van der Waals surface area contributed by atoms with Gasteiger partial charge in [0.25, 0.3) is 0 Å². The Morgan fingerprint density at radius 1 is 1.42 bits per heavy atom. The number of hydrogen-bond acceptors (Lipinski definition) is 3. The van der Waals surface area contributed by atoms with Crippen LogP contribution in [0, 0.1) is 19.3 Å². The van der Waals surface area contributed by atoms with Crippen LogP contribution in [0.3, 0.4) is 0 Å². The molecule has 5 heteroatoms. The Morgan fingerprint density at radius 2 is 2.16 bits per heavy atom. The van der Waals surface area contributed by atoms with Gasteiger partial charge in [-0.2, -0.15) is 0 Å². The summed E-state index contributed by atoms with van der Waals surface area (Å²) in [6.07, 6.45) is 5.52. The first-order chi connectivity index (χ1) is 9.04. The van der Waals surface area contributed by atoms with Gasteiger partial charge in [-0.3, -0.25) is 9.98 Å². The monoisotopic (exact) mass is 257 g/mol. The number of pyridine rings is 1. The maximum atomic E-state index is 7.77. The first kappa shape index (κ1) is 13.3. The molecule has 2 rings (SSSR count). The molecule has 0 aliphatic rings. The number of rotatable bonds is 4. The van der Waals surface area contributed by atoms with Crippen LogP contribution in [-0.4, -0.2) is 20.4 Å². The van der Waals surface area contributed by atoms with Gasteiger partial charge in [-0.25, -0.2) is 9.97 Å². The van der Waals surface area contributed by atoms with E-state index in [1.165, 1.54) is 0 Å². The molecule has 2 aromatic rings. The molecular formula is C14H19N5. The molecule has 0 amide bonds. The van der Waals surface area contributed by atoms with E-state index in [0.717, 1.165) is 29.9 Å². The predicted molar refractivity (Wildman–Crippen MR) is 75.8 cm³/mol. The number of hydrogen-bond donors (Lipinski definition) is 2. The maximum absolute atomic E-state index is 7.77. The predicted octanol–water partition coefficient (Wildman–Crippen LogP) is 2.12. The summed E-state index contributed by atoms with van der Waals surface area (Å²) >= 11 is 0. The van der Waals surface area contributed by atoms with Crippen molar-refractivity contribution in [1.29, 1.82) is 5.41 Å². The molecular weight excluding hydrogens is 238 g/mol. The summed E-state index contributed by atoms with van der Waals surface area (Å²) in [5, 5.41) is 7.77. The molecule has 2 aromatic heterocycles. The van der Waals surface area contributed by atoms with Crippen molar-refractivity contribution in [3.05, 3.63) is 41.1 Å². The highest BCUT2D eigenvalue weighted by molar-refractivity contribution is 5.99. The van der Waals surface area contributed by atoms with E-state index < -0.39 is 0 Å². The number of aryl methyl sites for hydroxylation is 3. The van der Waals surface area contributed by atoms with Crippen LogP contribution in [-0.2, 0) is 6.42 Å². The summed E-state index contributed by atoms with van der Waals surface area (Å²) in [6, 6.07) is 1.94. The Morgan fingerprint density at radius 3 is 2.79 bits per heavy atom. The van der Waals surface area contributed by atoms with E-state index in [2.05, 4.69) is 16.9 Å². The maximum Gasteiger partial charge on any atom is 0.149 e. The van der Waals surface area contributed by atoms with Gasteiger partial charge >= 0.3 is 0 Å². The molecule has 0 saturated carbocycles. The average Bonchev–Trinajstić information content (AvgIpc) is 2.75. The molecule has 5 nitrogen and oxygen atoms in total. The van der Waals surface area contributed by atoms with Crippen LogP contribution in [0.1, 0.15) is 36.0 Å². The van der Waals surface area contributed by atoms with E-state index in [-0.39, 0.29) is 5.84 Å². The van der Waals surface area contributed by atoms with Gasteiger partial charge in [-0.1, -0.05) is 6.92 Å². The minimum absolute atomic E-state index is 0.0381. The smallest absolute Gasteiger partial charge is 0.149 e. The number of nitrogens with one attached hydrogen (secondary N) is 1. The van der Waals surface area contributed by atoms with Crippen molar-refractivity contribution >= 4 is 5.84 Å². The highest BCUT2D eigenvalue weighted by Crippen LogP contribution is 2.19. The number of nitrogen functional groups attached to an aromatic ring is 1. The summed E-state index contributed by atoms with van der Waals surface area (Å²) < 4.78 is 1.93. The van der Waals surface area contributed by atoms with Gasteiger partial charge in [-0.15, -0.1) is 0 Å². The van der Waals surface area contributed by atoms with Crippen LogP contribution >= 0.6 is 0 Å². The minimum atomic E-state index is 0.0381. The molecule has 0 bridgehead atoms. The lowest BCUT2D eigenvalue weighted by molar-refractivity contribution is 0.794. The van der Waals surface area contributed by atoms with E-state index in [1.54, 1.807) is 6.20 Å². The lowest BCUT2D eigenvalue weighted by Crippen LogP contribution is -2.19. The van der Waals surface area contributed by atoms with Gasteiger partial charge in [0, 0.05) is 24.5 Å². The largest absolute Gasteiger partial charge is 0.384 e. The number of amidine groups is 1. The first-order valence-electron chi connectivity index (χ1n) is 6.39. The molecule has 0 aliphatic carbocycles. The summed E-state index contributed by atoms with van der Waals surface area (Å²) in [5.41, 5.74) is 8.26. The van der Waals surface area contributed by atoms with Gasteiger partial charge in [0.2, 0.25) is 0 Å². The molecule has 100 valence electrons. The van der Waals surface area contributed by atoms with Crippen molar-refractivity contribution in [2.75, 3.05) is 0 Å². The third-order valence-electron chi connectivity index (χ3n) is 3.01. The quantitative estimate of drug-likeness (QED) is 0.650. The van der Waals surface area contributed by atoms with Crippen LogP contribution in [0.2, 0.25) is 0 Å². The zero-order chi connectivity index (χ0) is 14.0.